The van der Waals surface area contributed by atoms with Gasteiger partial charge in [-0.3, -0.25) is 0 Å². The Morgan fingerprint density at radius 1 is 1.47 bits per heavy atom. The average Bonchev–Trinajstić information content (AvgIpc) is 2.24. The number of hydrogen-bond donors (Lipinski definition) is 2. The van der Waals surface area contributed by atoms with Gasteiger partial charge in [0, 0.05) is 19.3 Å². The number of carboxylic acid groups (broad SMARTS) is 1. The van der Waals surface area contributed by atoms with Crippen molar-refractivity contribution in [3.63, 3.8) is 0 Å². The summed E-state index contributed by atoms with van der Waals surface area (Å²) in [6, 6.07) is 1.71. The van der Waals surface area contributed by atoms with Crippen molar-refractivity contribution in [2.75, 3.05) is 32.5 Å². The fraction of sp³-hybridized carbons (Fsp3) is 0.571. The van der Waals surface area contributed by atoms with Gasteiger partial charge in [0.15, 0.2) is 0 Å². The summed E-state index contributed by atoms with van der Waals surface area (Å²) in [5, 5.41) is 12.4. The summed E-state index contributed by atoms with van der Waals surface area (Å²) >= 11 is 0. The number of hydrogen-bond acceptors (Lipinski definition) is 4. The Morgan fingerprint density at radius 2 is 2.11 bits per heavy atom. The van der Waals surface area contributed by atoms with Crippen LogP contribution in [0.3, 0.4) is 0 Å². The molecule has 1 heterocycles. The Hall–Kier alpha value is -1.62. The lowest BCUT2D eigenvalue weighted by Crippen LogP contribution is -2.34. The minimum absolute atomic E-state index is 0.0324. The lowest BCUT2D eigenvalue weighted by Gasteiger charge is -2.29. The molecule has 19 heavy (non-hydrogen) atoms. The molecule has 1 rings (SSSR count). The Balaban J connectivity index is 2.84. The van der Waals surface area contributed by atoms with Crippen LogP contribution in [0.5, 0.6) is 0 Å². The van der Waals surface area contributed by atoms with Crippen LogP contribution >= 0.6 is 0 Å². The van der Waals surface area contributed by atoms with E-state index in [9.17, 15) is 9.90 Å². The van der Waals surface area contributed by atoms with Crippen molar-refractivity contribution in [1.82, 2.24) is 9.88 Å². The summed E-state index contributed by atoms with van der Waals surface area (Å²) < 4.78 is 0. The van der Waals surface area contributed by atoms with E-state index in [-0.39, 0.29) is 11.0 Å². The van der Waals surface area contributed by atoms with Crippen LogP contribution in [0, 0.1) is 12.3 Å². The maximum atomic E-state index is 11.3. The smallest absolute Gasteiger partial charge is 0.339 e. The van der Waals surface area contributed by atoms with Crippen molar-refractivity contribution in [2.45, 2.75) is 20.8 Å². The molecule has 0 amide bonds. The molecule has 2 N–H and O–H groups in total. The number of aromatic nitrogens is 1. The minimum Gasteiger partial charge on any atom is -0.478 e. The molecule has 0 fully saturated rings. The van der Waals surface area contributed by atoms with Crippen LogP contribution in [0.2, 0.25) is 0 Å². The first kappa shape index (κ1) is 15.4. The number of nitrogens with one attached hydrogen (secondary N) is 1. The van der Waals surface area contributed by atoms with E-state index in [1.807, 2.05) is 14.1 Å². The van der Waals surface area contributed by atoms with Gasteiger partial charge >= 0.3 is 5.97 Å². The molecule has 0 aliphatic carbocycles. The number of carboxylic acids is 1. The van der Waals surface area contributed by atoms with Crippen molar-refractivity contribution in [2.24, 2.45) is 5.41 Å². The maximum Gasteiger partial charge on any atom is 0.339 e. The Bertz CT molecular complexity index is 456. The third kappa shape index (κ3) is 4.52. The van der Waals surface area contributed by atoms with Crippen LogP contribution in [0.4, 0.5) is 5.82 Å². The summed E-state index contributed by atoms with van der Waals surface area (Å²) in [6.07, 6.45) is 1.63. The maximum absolute atomic E-state index is 11.3. The second-order valence-electron chi connectivity index (χ2n) is 5.91. The van der Waals surface area contributed by atoms with Gasteiger partial charge < -0.3 is 15.3 Å². The zero-order chi connectivity index (χ0) is 14.6. The normalized spacial score (nSPS) is 11.7. The molecule has 0 atom stereocenters. The van der Waals surface area contributed by atoms with E-state index in [0.717, 1.165) is 12.1 Å². The predicted molar refractivity (Wildman–Crippen MR) is 76.8 cm³/mol. The monoisotopic (exact) mass is 265 g/mol. The van der Waals surface area contributed by atoms with Gasteiger partial charge in [0.05, 0.1) is 0 Å². The summed E-state index contributed by atoms with van der Waals surface area (Å²) in [4.78, 5) is 17.5. The van der Waals surface area contributed by atoms with E-state index in [4.69, 9.17) is 0 Å². The van der Waals surface area contributed by atoms with Gasteiger partial charge in [-0.1, -0.05) is 13.8 Å². The van der Waals surface area contributed by atoms with Gasteiger partial charge in [-0.2, -0.15) is 0 Å². The van der Waals surface area contributed by atoms with E-state index in [0.29, 0.717) is 12.4 Å². The molecule has 5 heteroatoms. The van der Waals surface area contributed by atoms with E-state index in [2.05, 4.69) is 29.0 Å². The topological polar surface area (TPSA) is 65.5 Å². The molecule has 106 valence electrons. The molecule has 1 aromatic rings. The molecular weight excluding hydrogens is 242 g/mol. The third-order valence-electron chi connectivity index (χ3n) is 2.85. The van der Waals surface area contributed by atoms with Gasteiger partial charge in [-0.05, 0) is 38.1 Å². The molecule has 0 unspecified atom stereocenters. The first-order valence-corrected chi connectivity index (χ1v) is 6.30. The van der Waals surface area contributed by atoms with Crippen LogP contribution in [0.25, 0.3) is 0 Å². The number of carbonyl (C=O) groups is 1. The van der Waals surface area contributed by atoms with Crippen LogP contribution < -0.4 is 5.32 Å². The van der Waals surface area contributed by atoms with Crippen molar-refractivity contribution < 1.29 is 9.90 Å². The molecule has 0 aliphatic rings. The summed E-state index contributed by atoms with van der Waals surface area (Å²) in [5.41, 5.74) is 1.00. The summed E-state index contributed by atoms with van der Waals surface area (Å²) in [5.74, 6) is -0.502. The molecule has 5 nitrogen and oxygen atoms in total. The van der Waals surface area contributed by atoms with Crippen molar-refractivity contribution in [3.05, 3.63) is 23.4 Å². The summed E-state index contributed by atoms with van der Waals surface area (Å²) in [7, 11) is 4.05. The first-order valence-electron chi connectivity index (χ1n) is 6.30. The Labute approximate surface area is 114 Å². The molecule has 0 bridgehead atoms. The molecule has 1 aromatic heterocycles. The molecular formula is C14H23N3O2. The second-order valence-corrected chi connectivity index (χ2v) is 5.91. The van der Waals surface area contributed by atoms with Gasteiger partial charge in [0.25, 0.3) is 0 Å². The van der Waals surface area contributed by atoms with Crippen molar-refractivity contribution in [1.29, 1.82) is 0 Å². The Morgan fingerprint density at radius 3 is 2.63 bits per heavy atom. The van der Waals surface area contributed by atoms with E-state index < -0.39 is 5.97 Å². The van der Waals surface area contributed by atoms with Gasteiger partial charge in [0.2, 0.25) is 0 Å². The van der Waals surface area contributed by atoms with Crippen molar-refractivity contribution >= 4 is 11.8 Å². The molecule has 0 spiro atoms. The first-order chi connectivity index (χ1) is 8.73. The highest BCUT2D eigenvalue weighted by atomic mass is 16.4. The number of nitrogens with zero attached hydrogens (tertiary/aromatic N) is 2. The van der Waals surface area contributed by atoms with Crippen LogP contribution in [-0.4, -0.2) is 48.1 Å². The SMILES string of the molecule is Cc1ccnc(NCC(C)(C)CN(C)C)c1C(=O)O. The fourth-order valence-electron chi connectivity index (χ4n) is 2.20. The van der Waals surface area contributed by atoms with Crippen LogP contribution in [0.15, 0.2) is 12.3 Å². The van der Waals surface area contributed by atoms with Crippen molar-refractivity contribution in [3.8, 4) is 0 Å². The van der Waals surface area contributed by atoms with Gasteiger partial charge in [-0.15, -0.1) is 0 Å². The number of aromatic carboxylic acids is 1. The minimum atomic E-state index is -0.946. The lowest BCUT2D eigenvalue weighted by atomic mass is 9.93. The van der Waals surface area contributed by atoms with Gasteiger partial charge in [-0.25, -0.2) is 9.78 Å². The number of aryl methyl sites for hydroxylation is 1. The van der Waals surface area contributed by atoms with E-state index in [1.165, 1.54) is 0 Å². The molecule has 0 radical (unpaired) electrons. The standard InChI is InChI=1S/C14H23N3O2/c1-10-6-7-15-12(11(10)13(18)19)16-8-14(2,3)9-17(4)5/h6-7H,8-9H2,1-5H3,(H,15,16)(H,18,19). The molecule has 0 aliphatic heterocycles. The summed E-state index contributed by atoms with van der Waals surface area (Å²) in [6.45, 7) is 7.63. The predicted octanol–water partition coefficient (Wildman–Crippen LogP) is 2.09. The lowest BCUT2D eigenvalue weighted by molar-refractivity contribution is 0.0696. The largest absolute Gasteiger partial charge is 0.478 e. The average molecular weight is 265 g/mol. The fourth-order valence-corrected chi connectivity index (χ4v) is 2.20. The molecule has 0 aromatic carbocycles. The molecule has 0 saturated carbocycles. The van der Waals surface area contributed by atoms with Crippen LogP contribution in [0.1, 0.15) is 29.8 Å². The van der Waals surface area contributed by atoms with Gasteiger partial charge in [0.1, 0.15) is 11.4 Å². The highest BCUT2D eigenvalue weighted by molar-refractivity contribution is 5.94. The second kappa shape index (κ2) is 6.02. The highest BCUT2D eigenvalue weighted by Gasteiger charge is 2.21. The van der Waals surface area contributed by atoms with Crippen LogP contribution in [-0.2, 0) is 0 Å². The third-order valence-corrected chi connectivity index (χ3v) is 2.85. The number of anilines is 1. The zero-order valence-corrected chi connectivity index (χ0v) is 12.3. The number of pyridine rings is 1. The Kier molecular flexibility index (Phi) is 4.89. The molecule has 0 saturated heterocycles. The number of rotatable bonds is 6. The van der Waals surface area contributed by atoms with E-state index in [1.54, 1.807) is 19.2 Å². The zero-order valence-electron chi connectivity index (χ0n) is 12.3. The van der Waals surface area contributed by atoms with E-state index >= 15 is 0 Å². The highest BCUT2D eigenvalue weighted by Crippen LogP contribution is 2.20. The quantitative estimate of drug-likeness (QED) is 0.824.